The van der Waals surface area contributed by atoms with Gasteiger partial charge in [0.2, 0.25) is 0 Å². The summed E-state index contributed by atoms with van der Waals surface area (Å²) in [5, 5.41) is 12.0. The minimum absolute atomic E-state index is 0.268. The van der Waals surface area contributed by atoms with Crippen LogP contribution in [0.2, 0.25) is 0 Å². The summed E-state index contributed by atoms with van der Waals surface area (Å²) in [6, 6.07) is 23.7. The number of hydrogen-bond acceptors (Lipinski definition) is 5. The molecule has 1 saturated carbocycles. The fourth-order valence-corrected chi connectivity index (χ4v) is 5.54. The van der Waals surface area contributed by atoms with Gasteiger partial charge in [-0.05, 0) is 66.3 Å². The Morgan fingerprint density at radius 1 is 1.03 bits per heavy atom. The van der Waals surface area contributed by atoms with Crippen molar-refractivity contribution in [1.29, 1.82) is 0 Å². The minimum atomic E-state index is -0.931. The molecule has 0 atom stereocenters. The highest BCUT2D eigenvalue weighted by atomic mass is 32.1. The average Bonchev–Trinajstić information content (AvgIpc) is 3.43. The molecule has 1 aromatic heterocycles. The lowest BCUT2D eigenvalue weighted by Gasteiger charge is -2.22. The molecule has 0 amide bonds. The number of anilines is 2. The number of carbonyl (C=O) groups is 1. The van der Waals surface area contributed by atoms with E-state index in [1.54, 1.807) is 35.6 Å². The predicted octanol–water partition coefficient (Wildman–Crippen LogP) is 7.90. The van der Waals surface area contributed by atoms with Crippen molar-refractivity contribution < 1.29 is 14.6 Å². The zero-order valence-electron chi connectivity index (χ0n) is 20.4. The first kappa shape index (κ1) is 24.1. The normalized spacial score (nSPS) is 13.9. The molecule has 36 heavy (non-hydrogen) atoms. The number of nitrogens with zero attached hydrogens (tertiary/aromatic N) is 2. The molecule has 1 aliphatic carbocycles. The maximum atomic E-state index is 11.1. The van der Waals surface area contributed by atoms with Crippen molar-refractivity contribution in [2.75, 3.05) is 11.9 Å². The number of carboxylic acids is 1. The minimum Gasteiger partial charge on any atom is -0.489 e. The highest BCUT2D eigenvalue weighted by Crippen LogP contribution is 2.34. The molecular formula is C30H30N2O3S. The van der Waals surface area contributed by atoms with E-state index in [9.17, 15) is 4.79 Å². The Hall–Kier alpha value is -3.64. The van der Waals surface area contributed by atoms with Gasteiger partial charge in [-0.25, -0.2) is 9.78 Å². The first-order valence-corrected chi connectivity index (χ1v) is 13.3. The molecule has 6 heteroatoms. The zero-order valence-corrected chi connectivity index (χ0v) is 21.2. The van der Waals surface area contributed by atoms with Crippen molar-refractivity contribution in [1.82, 2.24) is 4.98 Å². The maximum absolute atomic E-state index is 11.1. The van der Waals surface area contributed by atoms with E-state index in [2.05, 4.69) is 24.3 Å². The molecule has 1 aliphatic rings. The molecule has 5 rings (SSSR count). The van der Waals surface area contributed by atoms with Gasteiger partial charge in [0.15, 0.2) is 5.13 Å². The number of carboxylic acid groups (broad SMARTS) is 1. The third-order valence-corrected chi connectivity index (χ3v) is 7.79. The molecule has 1 N–H and O–H groups in total. The van der Waals surface area contributed by atoms with Crippen LogP contribution in [0.4, 0.5) is 10.8 Å². The number of aromatic carboxylic acids is 1. The van der Waals surface area contributed by atoms with Gasteiger partial charge >= 0.3 is 5.97 Å². The van der Waals surface area contributed by atoms with E-state index in [-0.39, 0.29) is 5.56 Å². The summed E-state index contributed by atoms with van der Waals surface area (Å²) in [7, 11) is 1.93. The lowest BCUT2D eigenvalue weighted by molar-refractivity contribution is 0.0697. The average molecular weight is 499 g/mol. The van der Waals surface area contributed by atoms with Crippen LogP contribution >= 0.6 is 11.3 Å². The maximum Gasteiger partial charge on any atom is 0.335 e. The summed E-state index contributed by atoms with van der Waals surface area (Å²) in [4.78, 5) is 17.9. The molecule has 4 aromatic rings. The zero-order chi connectivity index (χ0) is 24.9. The van der Waals surface area contributed by atoms with Gasteiger partial charge in [-0.2, -0.15) is 0 Å². The molecule has 0 unspecified atom stereocenters. The van der Waals surface area contributed by atoms with Crippen LogP contribution < -0.4 is 9.64 Å². The van der Waals surface area contributed by atoms with Crippen molar-refractivity contribution in [3.63, 3.8) is 0 Å². The third kappa shape index (κ3) is 5.60. The van der Waals surface area contributed by atoms with E-state index in [0.29, 0.717) is 6.61 Å². The van der Waals surface area contributed by atoms with Crippen LogP contribution in [0, 0.1) is 0 Å². The van der Waals surface area contributed by atoms with Gasteiger partial charge in [0.1, 0.15) is 12.4 Å². The van der Waals surface area contributed by atoms with Gasteiger partial charge in [-0.3, -0.25) is 0 Å². The standard InChI is InChI=1S/C30H30N2O3S/c1-32(26-16-14-24(15-17-26)29(33)34)30-31-28(20-36-30)25-8-5-9-27(18-25)35-19-21-10-12-23(13-11-21)22-6-3-2-4-7-22/h5,8-18,20,22H,2-4,6-7,19H2,1H3,(H,33,34). The van der Waals surface area contributed by atoms with Gasteiger partial charge in [-0.1, -0.05) is 55.7 Å². The number of benzene rings is 3. The molecule has 5 nitrogen and oxygen atoms in total. The topological polar surface area (TPSA) is 62.7 Å². The molecule has 184 valence electrons. The van der Waals surface area contributed by atoms with Crippen molar-refractivity contribution in [3.05, 3.63) is 94.9 Å². The first-order chi connectivity index (χ1) is 17.6. The van der Waals surface area contributed by atoms with Crippen molar-refractivity contribution in [3.8, 4) is 17.0 Å². The van der Waals surface area contributed by atoms with Crippen LogP contribution in [-0.4, -0.2) is 23.1 Å². The predicted molar refractivity (Wildman–Crippen MR) is 146 cm³/mol. The Balaban J connectivity index is 1.22. The van der Waals surface area contributed by atoms with Gasteiger partial charge in [0.25, 0.3) is 0 Å². The SMILES string of the molecule is CN(c1ccc(C(=O)O)cc1)c1nc(-c2cccc(OCc3ccc(C4CCCCC4)cc3)c2)cs1. The van der Waals surface area contributed by atoms with E-state index >= 15 is 0 Å². The Kier molecular flexibility index (Phi) is 7.33. The molecule has 0 aliphatic heterocycles. The first-order valence-electron chi connectivity index (χ1n) is 12.4. The summed E-state index contributed by atoms with van der Waals surface area (Å²) in [6.45, 7) is 0.534. The quantitative estimate of drug-likeness (QED) is 0.267. The number of thiazole rings is 1. The molecule has 1 fully saturated rings. The second kappa shape index (κ2) is 11.0. The Morgan fingerprint density at radius 2 is 1.78 bits per heavy atom. The van der Waals surface area contributed by atoms with E-state index in [4.69, 9.17) is 14.8 Å². The summed E-state index contributed by atoms with van der Waals surface area (Å²) < 4.78 is 6.11. The molecule has 1 heterocycles. The number of hydrogen-bond donors (Lipinski definition) is 1. The van der Waals surface area contributed by atoms with Gasteiger partial charge in [0, 0.05) is 23.7 Å². The molecule has 0 radical (unpaired) electrons. The Morgan fingerprint density at radius 3 is 2.50 bits per heavy atom. The van der Waals surface area contributed by atoms with Crippen LogP contribution in [0.5, 0.6) is 5.75 Å². The summed E-state index contributed by atoms with van der Waals surface area (Å²) >= 11 is 1.54. The third-order valence-electron chi connectivity index (χ3n) is 6.87. The van der Waals surface area contributed by atoms with Crippen LogP contribution in [-0.2, 0) is 6.61 Å². The highest BCUT2D eigenvalue weighted by molar-refractivity contribution is 7.14. The van der Waals surface area contributed by atoms with Gasteiger partial charge < -0.3 is 14.7 Å². The van der Waals surface area contributed by atoms with Crippen molar-refractivity contribution in [2.45, 2.75) is 44.6 Å². The summed E-state index contributed by atoms with van der Waals surface area (Å²) in [5.74, 6) is 0.604. The van der Waals surface area contributed by atoms with Crippen LogP contribution in [0.3, 0.4) is 0 Å². The van der Waals surface area contributed by atoms with Gasteiger partial charge in [0.05, 0.1) is 11.3 Å². The summed E-state index contributed by atoms with van der Waals surface area (Å²) in [6.07, 6.45) is 6.70. The smallest absolute Gasteiger partial charge is 0.335 e. The molecule has 3 aromatic carbocycles. The molecule has 0 saturated heterocycles. The highest BCUT2D eigenvalue weighted by Gasteiger charge is 2.15. The second-order valence-electron chi connectivity index (χ2n) is 9.32. The van der Waals surface area contributed by atoms with E-state index in [1.807, 2.05) is 41.6 Å². The largest absolute Gasteiger partial charge is 0.489 e. The Bertz CT molecular complexity index is 1310. The number of aromatic nitrogens is 1. The van der Waals surface area contributed by atoms with Crippen molar-refractivity contribution in [2.24, 2.45) is 0 Å². The lowest BCUT2D eigenvalue weighted by atomic mass is 9.84. The molecule has 0 bridgehead atoms. The van der Waals surface area contributed by atoms with Crippen LogP contribution in [0.1, 0.15) is 59.5 Å². The van der Waals surface area contributed by atoms with E-state index in [1.165, 1.54) is 43.2 Å². The van der Waals surface area contributed by atoms with Crippen LogP contribution in [0.15, 0.2) is 78.2 Å². The van der Waals surface area contributed by atoms with E-state index in [0.717, 1.165) is 33.7 Å². The molecular weight excluding hydrogens is 468 g/mol. The monoisotopic (exact) mass is 498 g/mol. The van der Waals surface area contributed by atoms with Crippen LogP contribution in [0.25, 0.3) is 11.3 Å². The van der Waals surface area contributed by atoms with Gasteiger partial charge in [-0.15, -0.1) is 11.3 Å². The Labute approximate surface area is 216 Å². The second-order valence-corrected chi connectivity index (χ2v) is 10.2. The number of ether oxygens (including phenoxy) is 1. The fourth-order valence-electron chi connectivity index (χ4n) is 4.72. The van der Waals surface area contributed by atoms with E-state index < -0.39 is 5.97 Å². The van der Waals surface area contributed by atoms with Crippen molar-refractivity contribution >= 4 is 28.1 Å². The molecule has 0 spiro atoms. The fraction of sp³-hybridized carbons (Fsp3) is 0.267. The summed E-state index contributed by atoms with van der Waals surface area (Å²) in [5.41, 5.74) is 5.66. The number of rotatable bonds is 8. The lowest BCUT2D eigenvalue weighted by Crippen LogP contribution is -2.09.